The number of hydrogen-bond donors (Lipinski definition) is 6. The Morgan fingerprint density at radius 3 is 0.967 bits per heavy atom. The fourth-order valence-electron chi connectivity index (χ4n) is 12.9. The van der Waals surface area contributed by atoms with Crippen LogP contribution in [0.1, 0.15) is 406 Å². The molecule has 1 aliphatic heterocycles. The summed E-state index contributed by atoms with van der Waals surface area (Å²) >= 11 is 0. The van der Waals surface area contributed by atoms with Gasteiger partial charge in [-0.25, -0.2) is 0 Å². The maximum atomic E-state index is 13.2. The van der Waals surface area contributed by atoms with Gasteiger partial charge in [0.1, 0.15) is 24.4 Å². The third kappa shape index (κ3) is 57.6. The summed E-state index contributed by atoms with van der Waals surface area (Å²) in [5, 5.41) is 54.9. The van der Waals surface area contributed by atoms with Gasteiger partial charge in [0.15, 0.2) is 6.29 Å². The van der Waals surface area contributed by atoms with E-state index < -0.39 is 49.5 Å². The highest BCUT2D eigenvalue weighted by atomic mass is 16.7. The molecule has 9 nitrogen and oxygen atoms in total. The highest BCUT2D eigenvalue weighted by molar-refractivity contribution is 5.76. The molecular formula is C81H153NO8. The summed E-state index contributed by atoms with van der Waals surface area (Å²) in [5.41, 5.74) is 0. The van der Waals surface area contributed by atoms with Crippen molar-refractivity contribution in [2.45, 2.75) is 448 Å². The number of rotatable bonds is 71. The molecule has 7 unspecified atom stereocenters. The van der Waals surface area contributed by atoms with Crippen LogP contribution in [0.3, 0.4) is 0 Å². The van der Waals surface area contributed by atoms with Crippen LogP contribution >= 0.6 is 0 Å². The Labute approximate surface area is 558 Å². The molecule has 1 saturated heterocycles. The van der Waals surface area contributed by atoms with Gasteiger partial charge in [0, 0.05) is 6.42 Å². The van der Waals surface area contributed by atoms with Crippen LogP contribution in [0.15, 0.2) is 48.6 Å². The first kappa shape index (κ1) is 86.2. The number of ether oxygens (including phenoxy) is 2. The number of aliphatic hydroxyl groups is 5. The third-order valence-electron chi connectivity index (χ3n) is 19.1. The minimum atomic E-state index is -1.57. The summed E-state index contributed by atoms with van der Waals surface area (Å²) in [6.45, 7) is 3.83. The first-order valence-corrected chi connectivity index (χ1v) is 39.9. The van der Waals surface area contributed by atoms with E-state index in [-0.39, 0.29) is 12.5 Å². The second-order valence-electron chi connectivity index (χ2n) is 27.9. The zero-order valence-electron chi connectivity index (χ0n) is 59.7. The molecule has 9 heteroatoms. The highest BCUT2D eigenvalue weighted by Crippen LogP contribution is 2.24. The Morgan fingerprint density at radius 1 is 0.378 bits per heavy atom. The second kappa shape index (κ2) is 70.0. The second-order valence-corrected chi connectivity index (χ2v) is 27.9. The SMILES string of the molecule is CCCCCCC/C=C\C/C=C\C/C=C\CCCCCCCCCCCCCCCCCCCCCCC(=O)NC(COC1OC(CO)C(O)C(O)C1O)C(O)/C=C/CCCCCCCCCCCCCCCCCCCCCCCCCCCCCCCC. The average molecular weight is 1270 g/mol. The van der Waals surface area contributed by atoms with Crippen molar-refractivity contribution >= 4 is 5.91 Å². The lowest BCUT2D eigenvalue weighted by Crippen LogP contribution is -2.60. The molecule has 0 aromatic rings. The van der Waals surface area contributed by atoms with Crippen molar-refractivity contribution in [3.05, 3.63) is 48.6 Å². The van der Waals surface area contributed by atoms with Gasteiger partial charge in [0.05, 0.1) is 25.4 Å². The number of carbonyl (C=O) groups is 1. The molecule has 0 radical (unpaired) electrons. The normalized spacial score (nSPS) is 18.0. The van der Waals surface area contributed by atoms with Crippen LogP contribution in [-0.4, -0.2) is 87.5 Å². The van der Waals surface area contributed by atoms with Crippen molar-refractivity contribution in [3.8, 4) is 0 Å². The van der Waals surface area contributed by atoms with Crippen molar-refractivity contribution in [2.75, 3.05) is 13.2 Å². The summed E-state index contributed by atoms with van der Waals surface area (Å²) in [5.74, 6) is -0.169. The topological polar surface area (TPSA) is 149 Å². The predicted octanol–water partition coefficient (Wildman–Crippen LogP) is 22.7. The molecule has 0 bridgehead atoms. The molecule has 0 aliphatic carbocycles. The number of nitrogens with one attached hydrogen (secondary N) is 1. The number of hydrogen-bond acceptors (Lipinski definition) is 8. The number of allylic oxidation sites excluding steroid dienone is 7. The fraction of sp³-hybridized carbons (Fsp3) is 0.889. The summed E-state index contributed by atoms with van der Waals surface area (Å²) < 4.78 is 11.4. The summed E-state index contributed by atoms with van der Waals surface area (Å²) in [7, 11) is 0. The Kier molecular flexibility index (Phi) is 67.0. The minimum absolute atomic E-state index is 0.169. The molecule has 0 saturated carbocycles. The molecule has 0 spiro atoms. The van der Waals surface area contributed by atoms with E-state index in [1.165, 1.54) is 334 Å². The number of amides is 1. The third-order valence-corrected chi connectivity index (χ3v) is 19.1. The van der Waals surface area contributed by atoms with Gasteiger partial charge in [-0.1, -0.05) is 390 Å². The zero-order chi connectivity index (χ0) is 64.9. The Hall–Kier alpha value is -1.85. The molecule has 6 N–H and O–H groups in total. The van der Waals surface area contributed by atoms with E-state index in [0.717, 1.165) is 51.4 Å². The van der Waals surface area contributed by atoms with Crippen LogP contribution in [0.5, 0.6) is 0 Å². The van der Waals surface area contributed by atoms with E-state index in [2.05, 4.69) is 55.6 Å². The van der Waals surface area contributed by atoms with Crippen LogP contribution < -0.4 is 5.32 Å². The van der Waals surface area contributed by atoms with Gasteiger partial charge in [-0.3, -0.25) is 4.79 Å². The average Bonchev–Trinajstić information content (AvgIpc) is 1.28. The van der Waals surface area contributed by atoms with Gasteiger partial charge < -0.3 is 40.3 Å². The lowest BCUT2D eigenvalue weighted by atomic mass is 9.99. The van der Waals surface area contributed by atoms with Crippen LogP contribution in [0.25, 0.3) is 0 Å². The molecule has 1 heterocycles. The van der Waals surface area contributed by atoms with Gasteiger partial charge in [0.25, 0.3) is 0 Å². The molecule has 7 atom stereocenters. The van der Waals surface area contributed by atoms with Crippen molar-refractivity contribution in [1.82, 2.24) is 5.32 Å². The molecular weight excluding hydrogens is 1110 g/mol. The van der Waals surface area contributed by atoms with Crippen LogP contribution in [0.2, 0.25) is 0 Å². The Balaban J connectivity index is 2.07. The highest BCUT2D eigenvalue weighted by Gasteiger charge is 2.44. The lowest BCUT2D eigenvalue weighted by Gasteiger charge is -2.40. The number of aliphatic hydroxyl groups excluding tert-OH is 5. The van der Waals surface area contributed by atoms with Gasteiger partial charge in [-0.15, -0.1) is 0 Å². The van der Waals surface area contributed by atoms with Crippen molar-refractivity contribution in [2.24, 2.45) is 0 Å². The standard InChI is InChI=1S/C81H153NO8/c1-3-5-7-9-11-13-15-17-19-21-23-25-27-29-31-33-35-37-38-39-41-43-45-47-49-51-53-55-57-59-61-63-65-67-69-71-77(85)82-74(73-89-81-80(88)79(87)78(86)76(72-83)90-81)75(84)70-68-66-64-62-60-58-56-54-52-50-48-46-44-42-40-36-34-32-30-28-26-24-22-20-18-16-14-12-10-8-6-4-2/h15,17,21,23,27,29,68,70,74-76,78-81,83-84,86-88H,3-14,16,18-20,22,24-26,28,30-67,69,71-73H2,1-2H3,(H,82,85)/b17-15-,23-21-,29-27-,70-68+. The number of carbonyl (C=O) groups excluding carboxylic acids is 1. The lowest BCUT2D eigenvalue weighted by molar-refractivity contribution is -0.302. The first-order valence-electron chi connectivity index (χ1n) is 39.9. The van der Waals surface area contributed by atoms with Crippen molar-refractivity contribution < 1.29 is 39.8 Å². The molecule has 1 rings (SSSR count). The number of unbranched alkanes of at least 4 members (excludes halogenated alkanes) is 55. The molecule has 530 valence electrons. The summed E-state index contributed by atoms with van der Waals surface area (Å²) in [6, 6.07) is -0.807. The first-order chi connectivity index (χ1) is 44.3. The Morgan fingerprint density at radius 2 is 0.656 bits per heavy atom. The fourth-order valence-corrected chi connectivity index (χ4v) is 12.9. The molecule has 0 aromatic carbocycles. The van der Waals surface area contributed by atoms with E-state index in [9.17, 15) is 30.3 Å². The Bertz CT molecular complexity index is 1570. The van der Waals surface area contributed by atoms with Gasteiger partial charge in [0.2, 0.25) is 5.91 Å². The molecule has 1 amide bonds. The van der Waals surface area contributed by atoms with Gasteiger partial charge in [-0.05, 0) is 57.8 Å². The van der Waals surface area contributed by atoms with Crippen molar-refractivity contribution in [3.63, 3.8) is 0 Å². The summed E-state index contributed by atoms with van der Waals surface area (Å²) in [4.78, 5) is 13.2. The van der Waals surface area contributed by atoms with Crippen LogP contribution in [0.4, 0.5) is 0 Å². The van der Waals surface area contributed by atoms with Gasteiger partial charge >= 0.3 is 0 Å². The molecule has 1 aliphatic rings. The molecule has 90 heavy (non-hydrogen) atoms. The quantitative estimate of drug-likeness (QED) is 0.0261. The molecule has 0 aromatic heterocycles. The zero-order valence-corrected chi connectivity index (χ0v) is 59.7. The van der Waals surface area contributed by atoms with Gasteiger partial charge in [-0.2, -0.15) is 0 Å². The van der Waals surface area contributed by atoms with Crippen molar-refractivity contribution in [1.29, 1.82) is 0 Å². The van der Waals surface area contributed by atoms with E-state index in [4.69, 9.17) is 9.47 Å². The van der Waals surface area contributed by atoms with E-state index >= 15 is 0 Å². The van der Waals surface area contributed by atoms with E-state index in [1.54, 1.807) is 6.08 Å². The maximum Gasteiger partial charge on any atom is 0.220 e. The van der Waals surface area contributed by atoms with Crippen LogP contribution in [0, 0.1) is 0 Å². The van der Waals surface area contributed by atoms with E-state index in [0.29, 0.717) is 6.42 Å². The predicted molar refractivity (Wildman–Crippen MR) is 387 cm³/mol. The largest absolute Gasteiger partial charge is 0.394 e. The molecule has 1 fully saturated rings. The summed E-state index contributed by atoms with van der Waals surface area (Å²) in [6.07, 6.45) is 89.7. The monoisotopic (exact) mass is 1270 g/mol. The minimum Gasteiger partial charge on any atom is -0.394 e. The van der Waals surface area contributed by atoms with E-state index in [1.807, 2.05) is 6.08 Å². The van der Waals surface area contributed by atoms with Crippen LogP contribution in [-0.2, 0) is 14.3 Å². The smallest absolute Gasteiger partial charge is 0.220 e. The maximum absolute atomic E-state index is 13.2.